The summed E-state index contributed by atoms with van der Waals surface area (Å²) in [7, 11) is 0. The van der Waals surface area contributed by atoms with E-state index in [2.05, 4.69) is 5.32 Å². The van der Waals surface area contributed by atoms with Crippen molar-refractivity contribution in [3.63, 3.8) is 0 Å². The molecule has 1 N–H and O–H groups in total. The van der Waals surface area contributed by atoms with Gasteiger partial charge in [-0.05, 0) is 38.0 Å². The number of halogens is 1. The number of rotatable bonds is 4. The van der Waals surface area contributed by atoms with Gasteiger partial charge >= 0.3 is 0 Å². The van der Waals surface area contributed by atoms with E-state index in [4.69, 9.17) is 0 Å². The molecule has 1 aromatic carbocycles. The number of hydrogen-bond acceptors (Lipinski definition) is 2. The largest absolute Gasteiger partial charge is 0.328 e. The van der Waals surface area contributed by atoms with Crippen LogP contribution < -0.4 is 5.32 Å². The number of carbonyl (C=O) groups excluding carboxylic acids is 2. The SMILES string of the molecule is CCCC(=O)N1CCC1(C)C(=O)Nc1cccc(F)c1. The molecule has 0 spiro atoms. The van der Waals surface area contributed by atoms with E-state index in [1.165, 1.54) is 18.2 Å². The van der Waals surface area contributed by atoms with Gasteiger partial charge in [0, 0.05) is 18.7 Å². The zero-order valence-corrected chi connectivity index (χ0v) is 11.8. The van der Waals surface area contributed by atoms with E-state index in [0.29, 0.717) is 25.1 Å². The summed E-state index contributed by atoms with van der Waals surface area (Å²) in [4.78, 5) is 25.9. The number of nitrogens with one attached hydrogen (secondary N) is 1. The number of anilines is 1. The molecule has 0 radical (unpaired) electrons. The van der Waals surface area contributed by atoms with Gasteiger partial charge in [0.25, 0.3) is 0 Å². The van der Waals surface area contributed by atoms with Crippen molar-refractivity contribution in [2.24, 2.45) is 0 Å². The van der Waals surface area contributed by atoms with Gasteiger partial charge in [-0.15, -0.1) is 0 Å². The summed E-state index contributed by atoms with van der Waals surface area (Å²) in [6.45, 7) is 4.28. The van der Waals surface area contributed by atoms with Crippen molar-refractivity contribution in [3.05, 3.63) is 30.1 Å². The Hall–Kier alpha value is -1.91. The number of carbonyl (C=O) groups is 2. The standard InChI is InChI=1S/C15H19FN2O2/c1-3-5-13(19)18-9-8-15(18,2)14(20)17-12-7-4-6-11(16)10-12/h4,6-7,10H,3,5,8-9H2,1-2H3,(H,17,20). The van der Waals surface area contributed by atoms with E-state index in [0.717, 1.165) is 6.42 Å². The van der Waals surface area contributed by atoms with Gasteiger partial charge in [-0.3, -0.25) is 9.59 Å². The summed E-state index contributed by atoms with van der Waals surface area (Å²) >= 11 is 0. The molecule has 0 saturated carbocycles. The fourth-order valence-electron chi connectivity index (χ4n) is 2.38. The highest BCUT2D eigenvalue weighted by Gasteiger charge is 2.48. The van der Waals surface area contributed by atoms with E-state index >= 15 is 0 Å². The number of likely N-dealkylation sites (tertiary alicyclic amines) is 1. The molecule has 0 aliphatic carbocycles. The number of amides is 2. The summed E-state index contributed by atoms with van der Waals surface area (Å²) in [6, 6.07) is 5.74. The highest BCUT2D eigenvalue weighted by atomic mass is 19.1. The molecule has 1 atom stereocenters. The van der Waals surface area contributed by atoms with Crippen LogP contribution in [0.3, 0.4) is 0 Å². The molecule has 2 rings (SSSR count). The van der Waals surface area contributed by atoms with Gasteiger partial charge in [-0.2, -0.15) is 0 Å². The lowest BCUT2D eigenvalue weighted by atomic mass is 9.85. The Morgan fingerprint density at radius 2 is 2.20 bits per heavy atom. The van der Waals surface area contributed by atoms with Crippen LogP contribution in [0.4, 0.5) is 10.1 Å². The highest BCUT2D eigenvalue weighted by molar-refractivity contribution is 6.01. The zero-order chi connectivity index (χ0) is 14.8. The zero-order valence-electron chi connectivity index (χ0n) is 11.8. The second kappa shape index (κ2) is 5.61. The van der Waals surface area contributed by atoms with E-state index in [-0.39, 0.29) is 11.8 Å². The third kappa shape index (κ3) is 2.66. The van der Waals surface area contributed by atoms with Crippen LogP contribution in [0.15, 0.2) is 24.3 Å². The van der Waals surface area contributed by atoms with Crippen LogP contribution >= 0.6 is 0 Å². The maximum atomic E-state index is 13.1. The quantitative estimate of drug-likeness (QED) is 0.920. The molecule has 1 aliphatic rings. The molecule has 1 aliphatic heterocycles. The molecule has 20 heavy (non-hydrogen) atoms. The van der Waals surface area contributed by atoms with Crippen molar-refractivity contribution in [1.29, 1.82) is 0 Å². The fourth-order valence-corrected chi connectivity index (χ4v) is 2.38. The van der Waals surface area contributed by atoms with Crippen molar-refractivity contribution < 1.29 is 14.0 Å². The van der Waals surface area contributed by atoms with Crippen molar-refractivity contribution in [2.45, 2.75) is 38.6 Å². The van der Waals surface area contributed by atoms with Crippen LogP contribution in [-0.2, 0) is 9.59 Å². The molecule has 1 heterocycles. The Labute approximate surface area is 118 Å². The van der Waals surface area contributed by atoms with Crippen LogP contribution in [0.5, 0.6) is 0 Å². The summed E-state index contributed by atoms with van der Waals surface area (Å²) < 4.78 is 13.1. The number of hydrogen-bond donors (Lipinski definition) is 1. The minimum absolute atomic E-state index is 0.00403. The van der Waals surface area contributed by atoms with E-state index < -0.39 is 11.4 Å². The Morgan fingerprint density at radius 1 is 1.45 bits per heavy atom. The van der Waals surface area contributed by atoms with Crippen molar-refractivity contribution >= 4 is 17.5 Å². The molecule has 2 amide bonds. The average Bonchev–Trinajstić information content (AvgIpc) is 2.36. The first kappa shape index (κ1) is 14.5. The lowest BCUT2D eigenvalue weighted by molar-refractivity contribution is -0.154. The molecule has 0 aromatic heterocycles. The molecule has 1 fully saturated rings. The van der Waals surface area contributed by atoms with E-state index in [9.17, 15) is 14.0 Å². The maximum absolute atomic E-state index is 13.1. The highest BCUT2D eigenvalue weighted by Crippen LogP contribution is 2.32. The summed E-state index contributed by atoms with van der Waals surface area (Å²) in [6.07, 6.45) is 1.84. The summed E-state index contributed by atoms with van der Waals surface area (Å²) in [5, 5.41) is 2.68. The molecule has 5 heteroatoms. The van der Waals surface area contributed by atoms with Gasteiger partial charge < -0.3 is 10.2 Å². The Kier molecular flexibility index (Phi) is 4.06. The van der Waals surface area contributed by atoms with Gasteiger partial charge in [0.15, 0.2) is 0 Å². The minimum atomic E-state index is -0.821. The van der Waals surface area contributed by atoms with Crippen LogP contribution in [0.2, 0.25) is 0 Å². The second-order valence-electron chi connectivity index (χ2n) is 5.28. The molecule has 4 nitrogen and oxygen atoms in total. The molecule has 0 bridgehead atoms. The second-order valence-corrected chi connectivity index (χ2v) is 5.28. The van der Waals surface area contributed by atoms with Crippen molar-refractivity contribution in [3.8, 4) is 0 Å². The lowest BCUT2D eigenvalue weighted by Crippen LogP contribution is -2.66. The third-order valence-corrected chi connectivity index (χ3v) is 3.75. The number of benzene rings is 1. The topological polar surface area (TPSA) is 49.4 Å². The first-order chi connectivity index (χ1) is 9.47. The Morgan fingerprint density at radius 3 is 2.75 bits per heavy atom. The minimum Gasteiger partial charge on any atom is -0.328 e. The molecule has 1 aromatic rings. The predicted octanol–water partition coefficient (Wildman–Crippen LogP) is 2.56. The lowest BCUT2D eigenvalue weighted by Gasteiger charge is -2.49. The predicted molar refractivity (Wildman–Crippen MR) is 74.7 cm³/mol. The normalized spacial score (nSPS) is 21.2. The van der Waals surface area contributed by atoms with Crippen molar-refractivity contribution in [2.75, 3.05) is 11.9 Å². The first-order valence-corrected chi connectivity index (χ1v) is 6.85. The summed E-state index contributed by atoms with van der Waals surface area (Å²) in [5.41, 5.74) is -0.413. The molecule has 1 unspecified atom stereocenters. The van der Waals surface area contributed by atoms with E-state index in [1.54, 1.807) is 17.9 Å². The fraction of sp³-hybridized carbons (Fsp3) is 0.467. The Balaban J connectivity index is 2.06. The van der Waals surface area contributed by atoms with Gasteiger partial charge in [0.2, 0.25) is 11.8 Å². The summed E-state index contributed by atoms with van der Waals surface area (Å²) in [5.74, 6) is -0.671. The molecular formula is C15H19FN2O2. The van der Waals surface area contributed by atoms with Gasteiger partial charge in [-0.1, -0.05) is 13.0 Å². The van der Waals surface area contributed by atoms with Crippen LogP contribution in [0, 0.1) is 5.82 Å². The molecule has 108 valence electrons. The van der Waals surface area contributed by atoms with Crippen molar-refractivity contribution in [1.82, 2.24) is 4.90 Å². The maximum Gasteiger partial charge on any atom is 0.250 e. The third-order valence-electron chi connectivity index (χ3n) is 3.75. The molecule has 1 saturated heterocycles. The smallest absolute Gasteiger partial charge is 0.250 e. The van der Waals surface area contributed by atoms with Crippen LogP contribution in [0.1, 0.15) is 33.1 Å². The first-order valence-electron chi connectivity index (χ1n) is 6.85. The van der Waals surface area contributed by atoms with Gasteiger partial charge in [-0.25, -0.2) is 4.39 Å². The average molecular weight is 278 g/mol. The van der Waals surface area contributed by atoms with E-state index in [1.807, 2.05) is 6.92 Å². The van der Waals surface area contributed by atoms with Gasteiger partial charge in [0.1, 0.15) is 11.4 Å². The van der Waals surface area contributed by atoms with Crippen LogP contribution in [0.25, 0.3) is 0 Å². The van der Waals surface area contributed by atoms with Crippen LogP contribution in [-0.4, -0.2) is 28.8 Å². The van der Waals surface area contributed by atoms with Gasteiger partial charge in [0.05, 0.1) is 0 Å². The Bertz CT molecular complexity index is 532. The number of nitrogens with zero attached hydrogens (tertiary/aromatic N) is 1. The monoisotopic (exact) mass is 278 g/mol. The molecular weight excluding hydrogens is 259 g/mol.